The minimum absolute atomic E-state index is 0.247. The summed E-state index contributed by atoms with van der Waals surface area (Å²) in [6.07, 6.45) is 2.52. The van der Waals surface area contributed by atoms with E-state index in [-0.39, 0.29) is 11.9 Å². The molecular formula is C20H24F2N4O2. The summed E-state index contributed by atoms with van der Waals surface area (Å²) in [5, 5.41) is 5.67. The number of carbonyl (C=O) groups excluding carboxylic acids is 1. The number of benzene rings is 1. The zero-order valence-electron chi connectivity index (χ0n) is 15.8. The maximum Gasteiger partial charge on any atom is 0.315 e. The molecule has 1 unspecified atom stereocenters. The van der Waals surface area contributed by atoms with Gasteiger partial charge in [0.15, 0.2) is 11.6 Å². The molecule has 0 saturated carbocycles. The fourth-order valence-corrected chi connectivity index (χ4v) is 3.22. The standard InChI is InChI=1S/C20H24F2N4O2/c1-2-28-19-15(4-3-8-23-19)12-25-20(27)24-11-14-7-9-26(13-14)16-5-6-17(21)18(22)10-16/h3-6,8,10,14H,2,7,9,11-13H2,1H3,(H2,24,25,27). The number of aromatic nitrogens is 1. The van der Waals surface area contributed by atoms with Gasteiger partial charge in [0, 0.05) is 49.7 Å². The Morgan fingerprint density at radius 1 is 1.29 bits per heavy atom. The van der Waals surface area contributed by atoms with Crippen LogP contribution >= 0.6 is 0 Å². The Kier molecular flexibility index (Phi) is 6.62. The Morgan fingerprint density at radius 2 is 2.14 bits per heavy atom. The van der Waals surface area contributed by atoms with Crippen molar-refractivity contribution in [1.82, 2.24) is 15.6 Å². The summed E-state index contributed by atoms with van der Waals surface area (Å²) in [5.41, 5.74) is 1.47. The maximum absolute atomic E-state index is 13.4. The van der Waals surface area contributed by atoms with E-state index in [0.717, 1.165) is 24.6 Å². The lowest BCUT2D eigenvalue weighted by Crippen LogP contribution is -2.38. The highest BCUT2D eigenvalue weighted by Crippen LogP contribution is 2.25. The molecule has 8 heteroatoms. The number of nitrogens with one attached hydrogen (secondary N) is 2. The first-order chi connectivity index (χ1) is 13.6. The van der Waals surface area contributed by atoms with Crippen LogP contribution < -0.4 is 20.3 Å². The third-order valence-corrected chi connectivity index (χ3v) is 4.68. The average molecular weight is 390 g/mol. The van der Waals surface area contributed by atoms with E-state index in [1.807, 2.05) is 17.9 Å². The molecule has 1 saturated heterocycles. The molecule has 0 radical (unpaired) electrons. The van der Waals surface area contributed by atoms with Gasteiger partial charge in [0.2, 0.25) is 5.88 Å². The molecule has 28 heavy (non-hydrogen) atoms. The molecule has 1 atom stereocenters. The van der Waals surface area contributed by atoms with Crippen molar-refractivity contribution in [1.29, 1.82) is 0 Å². The SMILES string of the molecule is CCOc1ncccc1CNC(=O)NCC1CCN(c2ccc(F)c(F)c2)C1. The van der Waals surface area contributed by atoms with Crippen LogP contribution in [0, 0.1) is 17.6 Å². The van der Waals surface area contributed by atoms with Gasteiger partial charge in [-0.25, -0.2) is 18.6 Å². The summed E-state index contributed by atoms with van der Waals surface area (Å²) in [7, 11) is 0. The lowest BCUT2D eigenvalue weighted by Gasteiger charge is -2.19. The molecule has 0 spiro atoms. The van der Waals surface area contributed by atoms with E-state index in [1.165, 1.54) is 6.07 Å². The molecule has 1 fully saturated rings. The summed E-state index contributed by atoms with van der Waals surface area (Å²) in [6, 6.07) is 7.31. The lowest BCUT2D eigenvalue weighted by molar-refractivity contribution is 0.238. The minimum Gasteiger partial charge on any atom is -0.478 e. The van der Waals surface area contributed by atoms with Crippen molar-refractivity contribution in [2.24, 2.45) is 5.92 Å². The second-order valence-corrected chi connectivity index (χ2v) is 6.66. The number of halogens is 2. The van der Waals surface area contributed by atoms with Gasteiger partial charge in [0.25, 0.3) is 0 Å². The molecular weight excluding hydrogens is 366 g/mol. The smallest absolute Gasteiger partial charge is 0.315 e. The van der Waals surface area contributed by atoms with Gasteiger partial charge in [0.1, 0.15) is 0 Å². The molecule has 1 aliphatic heterocycles. The summed E-state index contributed by atoms with van der Waals surface area (Å²) < 4.78 is 31.9. The van der Waals surface area contributed by atoms with Crippen LogP contribution in [0.15, 0.2) is 36.5 Å². The van der Waals surface area contributed by atoms with Crippen LogP contribution in [0.3, 0.4) is 0 Å². The van der Waals surface area contributed by atoms with Crippen LogP contribution in [0.4, 0.5) is 19.3 Å². The van der Waals surface area contributed by atoms with Gasteiger partial charge >= 0.3 is 6.03 Å². The largest absolute Gasteiger partial charge is 0.478 e. The topological polar surface area (TPSA) is 66.5 Å². The Hall–Kier alpha value is -2.90. The number of rotatable bonds is 7. The Labute approximate surface area is 162 Å². The van der Waals surface area contributed by atoms with Crippen molar-refractivity contribution in [2.75, 3.05) is 31.1 Å². The van der Waals surface area contributed by atoms with Crippen LogP contribution in [-0.2, 0) is 6.54 Å². The van der Waals surface area contributed by atoms with Gasteiger partial charge in [-0.1, -0.05) is 6.07 Å². The fraction of sp³-hybridized carbons (Fsp3) is 0.400. The molecule has 0 aliphatic carbocycles. The number of anilines is 1. The van der Waals surface area contributed by atoms with Crippen molar-refractivity contribution in [2.45, 2.75) is 19.9 Å². The molecule has 2 heterocycles. The number of nitrogens with zero attached hydrogens (tertiary/aromatic N) is 2. The van der Waals surface area contributed by atoms with Gasteiger partial charge in [0.05, 0.1) is 6.61 Å². The van der Waals surface area contributed by atoms with Gasteiger partial charge in [-0.3, -0.25) is 0 Å². The van der Waals surface area contributed by atoms with Gasteiger partial charge in [-0.05, 0) is 37.5 Å². The first kappa shape index (κ1) is 19.9. The Morgan fingerprint density at radius 3 is 2.93 bits per heavy atom. The Balaban J connectivity index is 1.43. The average Bonchev–Trinajstić information content (AvgIpc) is 3.17. The Bertz CT molecular complexity index is 819. The quantitative estimate of drug-likeness (QED) is 0.763. The number of urea groups is 1. The van der Waals surface area contributed by atoms with Gasteiger partial charge in [-0.15, -0.1) is 0 Å². The van der Waals surface area contributed by atoms with E-state index < -0.39 is 11.6 Å². The van der Waals surface area contributed by atoms with Crippen molar-refractivity contribution in [3.63, 3.8) is 0 Å². The molecule has 2 amide bonds. The summed E-state index contributed by atoms with van der Waals surface area (Å²) in [4.78, 5) is 18.2. The number of hydrogen-bond donors (Lipinski definition) is 2. The van der Waals surface area contributed by atoms with E-state index in [2.05, 4.69) is 15.6 Å². The van der Waals surface area contributed by atoms with E-state index >= 15 is 0 Å². The van der Waals surface area contributed by atoms with Crippen molar-refractivity contribution in [3.05, 3.63) is 53.7 Å². The number of carbonyl (C=O) groups is 1. The molecule has 2 aromatic rings. The first-order valence-corrected chi connectivity index (χ1v) is 9.35. The zero-order valence-corrected chi connectivity index (χ0v) is 15.8. The number of hydrogen-bond acceptors (Lipinski definition) is 4. The lowest BCUT2D eigenvalue weighted by atomic mass is 10.1. The summed E-state index contributed by atoms with van der Waals surface area (Å²) >= 11 is 0. The molecule has 3 rings (SSSR count). The highest BCUT2D eigenvalue weighted by molar-refractivity contribution is 5.73. The van der Waals surface area contributed by atoms with Crippen LogP contribution in [-0.4, -0.2) is 37.3 Å². The normalized spacial score (nSPS) is 16.1. The first-order valence-electron chi connectivity index (χ1n) is 9.35. The maximum atomic E-state index is 13.4. The molecule has 1 aliphatic rings. The van der Waals surface area contributed by atoms with E-state index in [9.17, 15) is 13.6 Å². The molecule has 1 aromatic carbocycles. The van der Waals surface area contributed by atoms with Crippen LogP contribution in [0.2, 0.25) is 0 Å². The monoisotopic (exact) mass is 390 g/mol. The van der Waals surface area contributed by atoms with Gasteiger partial charge in [-0.2, -0.15) is 0 Å². The number of pyridine rings is 1. The van der Waals surface area contributed by atoms with Crippen molar-refractivity contribution in [3.8, 4) is 5.88 Å². The van der Waals surface area contributed by atoms with Crippen molar-refractivity contribution >= 4 is 11.7 Å². The highest BCUT2D eigenvalue weighted by atomic mass is 19.2. The number of ether oxygens (including phenoxy) is 1. The minimum atomic E-state index is -0.848. The van der Waals surface area contributed by atoms with Crippen LogP contribution in [0.5, 0.6) is 5.88 Å². The van der Waals surface area contributed by atoms with Crippen LogP contribution in [0.1, 0.15) is 18.9 Å². The van der Waals surface area contributed by atoms with Gasteiger partial charge < -0.3 is 20.3 Å². The second-order valence-electron chi connectivity index (χ2n) is 6.66. The van der Waals surface area contributed by atoms with E-state index in [1.54, 1.807) is 18.3 Å². The predicted octanol–water partition coefficient (Wildman–Crippen LogP) is 3.08. The van der Waals surface area contributed by atoms with Crippen LogP contribution in [0.25, 0.3) is 0 Å². The molecule has 2 N–H and O–H groups in total. The second kappa shape index (κ2) is 9.34. The molecule has 150 valence electrons. The summed E-state index contributed by atoms with van der Waals surface area (Å²) in [5.74, 6) is -0.932. The molecule has 6 nitrogen and oxygen atoms in total. The highest BCUT2D eigenvalue weighted by Gasteiger charge is 2.23. The van der Waals surface area contributed by atoms with E-state index in [4.69, 9.17) is 4.74 Å². The van der Waals surface area contributed by atoms with Crippen molar-refractivity contribution < 1.29 is 18.3 Å². The zero-order chi connectivity index (χ0) is 19.9. The molecule has 1 aromatic heterocycles. The predicted molar refractivity (Wildman–Crippen MR) is 102 cm³/mol. The third-order valence-electron chi connectivity index (χ3n) is 4.68. The third kappa shape index (κ3) is 5.09. The molecule has 0 bridgehead atoms. The van der Waals surface area contributed by atoms with E-state index in [0.29, 0.717) is 37.8 Å². The number of amides is 2. The summed E-state index contributed by atoms with van der Waals surface area (Å²) in [6.45, 7) is 4.64. The fourth-order valence-electron chi connectivity index (χ4n) is 3.22.